The second-order valence-electron chi connectivity index (χ2n) is 8.06. The number of oxazole rings is 1. The van der Waals surface area contributed by atoms with Gasteiger partial charge in [-0.2, -0.15) is 0 Å². The van der Waals surface area contributed by atoms with E-state index in [0.29, 0.717) is 12.4 Å². The summed E-state index contributed by atoms with van der Waals surface area (Å²) in [5.41, 5.74) is 1.62. The minimum absolute atomic E-state index is 0. The van der Waals surface area contributed by atoms with E-state index >= 15 is 0 Å². The molecule has 1 aromatic heterocycles. The second kappa shape index (κ2) is 9.08. The lowest BCUT2D eigenvalue weighted by atomic mass is 9.94. The first-order chi connectivity index (χ1) is 12.4. The van der Waals surface area contributed by atoms with Crippen LogP contribution in [0.1, 0.15) is 57.8 Å². The summed E-state index contributed by atoms with van der Waals surface area (Å²) in [7, 11) is 0. The molecule has 0 atom stereocenters. The summed E-state index contributed by atoms with van der Waals surface area (Å²) < 4.78 is 5.83. The SMILES string of the molecule is CCNC(=NCc1ncc(C(C)(C)C)o1)NCC1(c2ccccc2)CC1.I. The van der Waals surface area contributed by atoms with Gasteiger partial charge in [-0.15, -0.1) is 24.0 Å². The van der Waals surface area contributed by atoms with Crippen molar-refractivity contribution >= 4 is 29.9 Å². The molecule has 148 valence electrons. The van der Waals surface area contributed by atoms with Crippen molar-refractivity contribution in [1.29, 1.82) is 0 Å². The average Bonchev–Trinajstić information content (AvgIpc) is 3.25. The summed E-state index contributed by atoms with van der Waals surface area (Å²) in [6, 6.07) is 10.7. The van der Waals surface area contributed by atoms with Crippen LogP contribution in [0.4, 0.5) is 0 Å². The Balaban J connectivity index is 0.00000261. The normalized spacial score (nSPS) is 15.8. The minimum Gasteiger partial charge on any atom is -0.443 e. The first-order valence-electron chi connectivity index (χ1n) is 9.46. The number of aromatic nitrogens is 1. The number of nitrogens with zero attached hydrogens (tertiary/aromatic N) is 2. The lowest BCUT2D eigenvalue weighted by molar-refractivity contribution is 0.383. The number of nitrogens with one attached hydrogen (secondary N) is 2. The molecule has 1 saturated carbocycles. The zero-order valence-corrected chi connectivity index (χ0v) is 19.0. The Kier molecular flexibility index (Phi) is 7.31. The molecule has 0 unspecified atom stereocenters. The van der Waals surface area contributed by atoms with Gasteiger partial charge >= 0.3 is 0 Å². The number of rotatable bonds is 6. The van der Waals surface area contributed by atoms with E-state index in [1.807, 2.05) is 0 Å². The van der Waals surface area contributed by atoms with Gasteiger partial charge in [-0.05, 0) is 25.3 Å². The third kappa shape index (κ3) is 5.70. The highest BCUT2D eigenvalue weighted by Crippen LogP contribution is 2.47. The zero-order chi connectivity index (χ0) is 18.6. The Hall–Kier alpha value is -1.57. The summed E-state index contributed by atoms with van der Waals surface area (Å²) in [5, 5.41) is 6.81. The quantitative estimate of drug-likeness (QED) is 0.365. The third-order valence-electron chi connectivity index (χ3n) is 4.84. The van der Waals surface area contributed by atoms with E-state index in [4.69, 9.17) is 4.42 Å². The van der Waals surface area contributed by atoms with Gasteiger partial charge < -0.3 is 15.1 Å². The molecule has 1 fully saturated rings. The molecule has 0 bridgehead atoms. The van der Waals surface area contributed by atoms with Crippen LogP contribution in [0.5, 0.6) is 0 Å². The molecule has 27 heavy (non-hydrogen) atoms. The van der Waals surface area contributed by atoms with Crippen LogP contribution in [0.15, 0.2) is 45.9 Å². The third-order valence-corrected chi connectivity index (χ3v) is 4.84. The Morgan fingerprint density at radius 1 is 1.19 bits per heavy atom. The summed E-state index contributed by atoms with van der Waals surface area (Å²) in [6.07, 6.45) is 4.25. The lowest BCUT2D eigenvalue weighted by Crippen LogP contribution is -2.41. The van der Waals surface area contributed by atoms with E-state index in [2.05, 4.69) is 78.6 Å². The van der Waals surface area contributed by atoms with Gasteiger partial charge in [0, 0.05) is 23.9 Å². The van der Waals surface area contributed by atoms with E-state index in [1.54, 1.807) is 6.20 Å². The molecule has 0 radical (unpaired) electrons. The molecule has 0 aliphatic heterocycles. The summed E-state index contributed by atoms with van der Waals surface area (Å²) in [4.78, 5) is 9.00. The van der Waals surface area contributed by atoms with Crippen molar-refractivity contribution in [2.75, 3.05) is 13.1 Å². The Bertz CT molecular complexity index is 745. The van der Waals surface area contributed by atoms with Gasteiger partial charge in [-0.1, -0.05) is 51.1 Å². The molecule has 0 spiro atoms. The fourth-order valence-electron chi connectivity index (χ4n) is 2.98. The van der Waals surface area contributed by atoms with Crippen molar-refractivity contribution in [3.8, 4) is 0 Å². The van der Waals surface area contributed by atoms with Crippen molar-refractivity contribution < 1.29 is 4.42 Å². The van der Waals surface area contributed by atoms with E-state index in [1.165, 1.54) is 18.4 Å². The van der Waals surface area contributed by atoms with Crippen LogP contribution in [0.3, 0.4) is 0 Å². The molecule has 0 amide bonds. The van der Waals surface area contributed by atoms with Crippen molar-refractivity contribution in [3.05, 3.63) is 53.7 Å². The lowest BCUT2D eigenvalue weighted by Gasteiger charge is -2.19. The van der Waals surface area contributed by atoms with Crippen LogP contribution in [-0.2, 0) is 17.4 Å². The molecule has 1 aromatic carbocycles. The average molecular weight is 482 g/mol. The van der Waals surface area contributed by atoms with E-state index in [0.717, 1.165) is 24.8 Å². The van der Waals surface area contributed by atoms with Gasteiger partial charge in [0.1, 0.15) is 12.3 Å². The van der Waals surface area contributed by atoms with Crippen molar-refractivity contribution in [3.63, 3.8) is 0 Å². The Morgan fingerprint density at radius 3 is 2.44 bits per heavy atom. The van der Waals surface area contributed by atoms with Crippen molar-refractivity contribution in [1.82, 2.24) is 15.6 Å². The monoisotopic (exact) mass is 482 g/mol. The molecule has 6 heteroatoms. The van der Waals surface area contributed by atoms with Crippen LogP contribution < -0.4 is 10.6 Å². The highest BCUT2D eigenvalue weighted by molar-refractivity contribution is 14.0. The number of benzene rings is 1. The number of hydrogen-bond acceptors (Lipinski definition) is 3. The molecule has 5 nitrogen and oxygen atoms in total. The van der Waals surface area contributed by atoms with Crippen LogP contribution in [0.2, 0.25) is 0 Å². The van der Waals surface area contributed by atoms with Gasteiger partial charge in [0.2, 0.25) is 5.89 Å². The number of halogens is 1. The molecular weight excluding hydrogens is 451 g/mol. The smallest absolute Gasteiger partial charge is 0.216 e. The fraction of sp³-hybridized carbons (Fsp3) is 0.524. The maximum Gasteiger partial charge on any atom is 0.216 e. The minimum atomic E-state index is -0.0360. The fourth-order valence-corrected chi connectivity index (χ4v) is 2.98. The zero-order valence-electron chi connectivity index (χ0n) is 16.7. The van der Waals surface area contributed by atoms with E-state index < -0.39 is 0 Å². The largest absolute Gasteiger partial charge is 0.443 e. The molecule has 1 aliphatic carbocycles. The van der Waals surface area contributed by atoms with Gasteiger partial charge in [0.15, 0.2) is 5.96 Å². The number of aliphatic imine (C=N–C) groups is 1. The number of hydrogen-bond donors (Lipinski definition) is 2. The molecule has 2 N–H and O–H groups in total. The van der Waals surface area contributed by atoms with E-state index in [-0.39, 0.29) is 34.8 Å². The van der Waals surface area contributed by atoms with Gasteiger partial charge in [-0.3, -0.25) is 0 Å². The van der Waals surface area contributed by atoms with Crippen LogP contribution in [-0.4, -0.2) is 24.0 Å². The van der Waals surface area contributed by atoms with Crippen molar-refractivity contribution in [2.45, 2.75) is 57.9 Å². The van der Waals surface area contributed by atoms with E-state index in [9.17, 15) is 0 Å². The molecule has 2 aromatic rings. The summed E-state index contributed by atoms with van der Waals surface area (Å²) in [6.45, 7) is 10.6. The Labute approximate surface area is 179 Å². The predicted molar refractivity (Wildman–Crippen MR) is 121 cm³/mol. The highest BCUT2D eigenvalue weighted by atomic mass is 127. The highest BCUT2D eigenvalue weighted by Gasteiger charge is 2.44. The van der Waals surface area contributed by atoms with Gasteiger partial charge in [0.05, 0.1) is 6.20 Å². The van der Waals surface area contributed by atoms with Gasteiger partial charge in [-0.25, -0.2) is 9.98 Å². The van der Waals surface area contributed by atoms with Crippen LogP contribution >= 0.6 is 24.0 Å². The summed E-state index contributed by atoms with van der Waals surface area (Å²) in [5.74, 6) is 2.35. The van der Waals surface area contributed by atoms with Crippen LogP contribution in [0, 0.1) is 0 Å². The second-order valence-corrected chi connectivity index (χ2v) is 8.06. The topological polar surface area (TPSA) is 62.5 Å². The molecule has 0 saturated heterocycles. The van der Waals surface area contributed by atoms with Crippen LogP contribution in [0.25, 0.3) is 0 Å². The number of guanidine groups is 1. The molecule has 1 aliphatic rings. The molecule has 1 heterocycles. The van der Waals surface area contributed by atoms with Crippen molar-refractivity contribution in [2.24, 2.45) is 4.99 Å². The summed E-state index contributed by atoms with van der Waals surface area (Å²) >= 11 is 0. The predicted octanol–water partition coefficient (Wildman–Crippen LogP) is 4.38. The molecule has 3 rings (SSSR count). The van der Waals surface area contributed by atoms with Gasteiger partial charge in [0.25, 0.3) is 0 Å². The Morgan fingerprint density at radius 2 is 1.89 bits per heavy atom. The standard InChI is InChI=1S/C21H30N4O.HI/c1-5-22-19(24-14-18-23-13-17(26-18)20(2,3)4)25-15-21(11-12-21)16-9-7-6-8-10-16;/h6-10,13H,5,11-12,14-15H2,1-4H3,(H2,22,24,25);1H. The first kappa shape index (κ1) is 21.7. The maximum atomic E-state index is 5.83. The maximum absolute atomic E-state index is 5.83. The first-order valence-corrected chi connectivity index (χ1v) is 9.46. The molecular formula is C21H31IN4O.